The van der Waals surface area contributed by atoms with Gasteiger partial charge in [0.05, 0.1) is 0 Å². The normalized spacial score (nSPS) is 37.6. The first-order valence-electron chi connectivity index (χ1n) is 12.4. The van der Waals surface area contributed by atoms with Crippen LogP contribution >= 0.6 is 0 Å². The summed E-state index contributed by atoms with van der Waals surface area (Å²) in [5.41, 5.74) is 0. The van der Waals surface area contributed by atoms with Crippen molar-refractivity contribution < 1.29 is 4.39 Å². The van der Waals surface area contributed by atoms with Crippen LogP contribution in [0.15, 0.2) is 0 Å². The number of nitrogens with one attached hydrogen (secondary N) is 2. The molecule has 0 aromatic heterocycles. The second-order valence-corrected chi connectivity index (χ2v) is 10.3. The highest BCUT2D eigenvalue weighted by atomic mass is 19.1. The summed E-state index contributed by atoms with van der Waals surface area (Å²) in [6.07, 6.45) is 20.6. The maximum atomic E-state index is 13.4. The number of hydrogen-bond acceptors (Lipinski definition) is 2. The van der Waals surface area contributed by atoms with Crippen molar-refractivity contribution >= 4 is 0 Å². The van der Waals surface area contributed by atoms with Gasteiger partial charge in [0.2, 0.25) is 0 Å². The van der Waals surface area contributed by atoms with Gasteiger partial charge in [-0.05, 0) is 56.3 Å². The van der Waals surface area contributed by atoms with Crippen molar-refractivity contribution in [2.45, 2.75) is 127 Å². The zero-order chi connectivity index (χ0) is 18.5. The molecule has 0 aromatic rings. The first-order chi connectivity index (χ1) is 13.3. The van der Waals surface area contributed by atoms with E-state index in [1.165, 1.54) is 77.0 Å². The summed E-state index contributed by atoms with van der Waals surface area (Å²) in [5, 5.41) is 7.89. The molecule has 1 heterocycles. The standard InChI is InChI=1S/C24H43FN2/c25-20-11-13-21(14-12-20)27-22-15-16-23(26-17-22)24(18-7-3-1-4-8-18)19-9-5-2-6-10-19/h18-24,26-27H,1-17H2. The number of hydrogen-bond donors (Lipinski definition) is 2. The Hall–Kier alpha value is -0.150. The van der Waals surface area contributed by atoms with Gasteiger partial charge < -0.3 is 10.6 Å². The minimum absolute atomic E-state index is 0.538. The van der Waals surface area contributed by atoms with Crippen LogP contribution in [0.25, 0.3) is 0 Å². The molecule has 27 heavy (non-hydrogen) atoms. The molecule has 3 heteroatoms. The van der Waals surface area contributed by atoms with Gasteiger partial charge in [0, 0.05) is 24.7 Å². The van der Waals surface area contributed by atoms with Crippen molar-refractivity contribution in [3.05, 3.63) is 0 Å². The molecule has 0 amide bonds. The molecule has 3 aliphatic carbocycles. The Labute approximate surface area is 166 Å². The van der Waals surface area contributed by atoms with Crippen molar-refractivity contribution in [3.8, 4) is 0 Å². The summed E-state index contributed by atoms with van der Waals surface area (Å²) < 4.78 is 13.4. The lowest BCUT2D eigenvalue weighted by Crippen LogP contribution is -2.55. The molecule has 156 valence electrons. The fourth-order valence-corrected chi connectivity index (χ4v) is 6.98. The number of alkyl halides is 1. The fourth-order valence-electron chi connectivity index (χ4n) is 6.98. The average Bonchev–Trinajstić information content (AvgIpc) is 2.73. The molecule has 0 spiro atoms. The molecule has 4 rings (SSSR count). The van der Waals surface area contributed by atoms with E-state index in [1.807, 2.05) is 0 Å². The predicted octanol–water partition coefficient (Wildman–Crippen LogP) is 5.75. The molecule has 2 N–H and O–H groups in total. The lowest BCUT2D eigenvalue weighted by molar-refractivity contribution is 0.0855. The first-order valence-corrected chi connectivity index (χ1v) is 12.4. The summed E-state index contributed by atoms with van der Waals surface area (Å²) in [7, 11) is 0. The molecule has 0 aromatic carbocycles. The van der Waals surface area contributed by atoms with E-state index < -0.39 is 6.17 Å². The molecule has 0 bridgehead atoms. The quantitative estimate of drug-likeness (QED) is 0.636. The minimum atomic E-state index is -0.538. The van der Waals surface area contributed by atoms with Crippen LogP contribution in [0.4, 0.5) is 4.39 Å². The second kappa shape index (κ2) is 10.1. The Morgan fingerprint density at radius 2 is 1.19 bits per heavy atom. The van der Waals surface area contributed by atoms with Gasteiger partial charge >= 0.3 is 0 Å². The molecular formula is C24H43FN2. The van der Waals surface area contributed by atoms with Gasteiger partial charge in [-0.15, -0.1) is 0 Å². The Kier molecular flexibility index (Phi) is 7.50. The molecule has 3 saturated carbocycles. The topological polar surface area (TPSA) is 24.1 Å². The second-order valence-electron chi connectivity index (χ2n) is 10.3. The monoisotopic (exact) mass is 378 g/mol. The van der Waals surface area contributed by atoms with Gasteiger partial charge in [-0.1, -0.05) is 64.2 Å². The molecule has 4 aliphatic rings. The highest BCUT2D eigenvalue weighted by Gasteiger charge is 2.38. The number of piperidine rings is 1. The molecule has 0 radical (unpaired) electrons. The van der Waals surface area contributed by atoms with Gasteiger partial charge in [-0.3, -0.25) is 0 Å². The first kappa shape index (κ1) is 20.1. The zero-order valence-corrected chi connectivity index (χ0v) is 17.4. The third-order valence-corrected chi connectivity index (χ3v) is 8.43. The molecule has 1 aliphatic heterocycles. The molecule has 2 unspecified atom stereocenters. The van der Waals surface area contributed by atoms with E-state index in [0.717, 1.165) is 56.0 Å². The maximum absolute atomic E-state index is 13.4. The third-order valence-electron chi connectivity index (χ3n) is 8.43. The van der Waals surface area contributed by atoms with Crippen LogP contribution in [0.1, 0.15) is 103 Å². The average molecular weight is 379 g/mol. The van der Waals surface area contributed by atoms with E-state index in [4.69, 9.17) is 0 Å². The lowest BCUT2D eigenvalue weighted by atomic mass is 9.65. The van der Waals surface area contributed by atoms with Crippen LogP contribution in [0.3, 0.4) is 0 Å². The summed E-state index contributed by atoms with van der Waals surface area (Å²) in [4.78, 5) is 0. The summed E-state index contributed by atoms with van der Waals surface area (Å²) >= 11 is 0. The predicted molar refractivity (Wildman–Crippen MR) is 112 cm³/mol. The largest absolute Gasteiger partial charge is 0.312 e. The van der Waals surface area contributed by atoms with E-state index in [9.17, 15) is 4.39 Å². The summed E-state index contributed by atoms with van der Waals surface area (Å²) in [6, 6.07) is 1.93. The Morgan fingerprint density at radius 3 is 1.70 bits per heavy atom. The SMILES string of the molecule is FC1CCC(NC2CCC(C(C3CCCCC3)C3CCCCC3)NC2)CC1. The lowest BCUT2D eigenvalue weighted by Gasteiger charge is -2.45. The third kappa shape index (κ3) is 5.47. The Bertz CT molecular complexity index is 396. The molecule has 4 fully saturated rings. The summed E-state index contributed by atoms with van der Waals surface area (Å²) in [6.45, 7) is 1.14. The summed E-state index contributed by atoms with van der Waals surface area (Å²) in [5.74, 6) is 2.92. The van der Waals surface area contributed by atoms with Gasteiger partial charge in [-0.25, -0.2) is 4.39 Å². The van der Waals surface area contributed by atoms with Crippen LogP contribution in [0, 0.1) is 17.8 Å². The zero-order valence-electron chi connectivity index (χ0n) is 17.4. The maximum Gasteiger partial charge on any atom is 0.100 e. The van der Waals surface area contributed by atoms with E-state index in [2.05, 4.69) is 10.6 Å². The van der Waals surface area contributed by atoms with Crippen LogP contribution in [0.2, 0.25) is 0 Å². The van der Waals surface area contributed by atoms with Gasteiger partial charge in [0.1, 0.15) is 6.17 Å². The molecular weight excluding hydrogens is 335 g/mol. The van der Waals surface area contributed by atoms with Gasteiger partial charge in [0.15, 0.2) is 0 Å². The van der Waals surface area contributed by atoms with Crippen molar-refractivity contribution in [3.63, 3.8) is 0 Å². The van der Waals surface area contributed by atoms with Crippen LogP contribution in [-0.2, 0) is 0 Å². The van der Waals surface area contributed by atoms with Crippen molar-refractivity contribution in [2.24, 2.45) is 17.8 Å². The van der Waals surface area contributed by atoms with Crippen molar-refractivity contribution in [2.75, 3.05) is 6.54 Å². The molecule has 2 nitrogen and oxygen atoms in total. The van der Waals surface area contributed by atoms with Crippen molar-refractivity contribution in [1.29, 1.82) is 0 Å². The smallest absolute Gasteiger partial charge is 0.100 e. The Morgan fingerprint density at radius 1 is 0.630 bits per heavy atom. The highest BCUT2D eigenvalue weighted by molar-refractivity contribution is 4.94. The van der Waals surface area contributed by atoms with E-state index in [1.54, 1.807) is 0 Å². The van der Waals surface area contributed by atoms with E-state index >= 15 is 0 Å². The van der Waals surface area contributed by atoms with Crippen molar-refractivity contribution in [1.82, 2.24) is 10.6 Å². The molecule has 1 saturated heterocycles. The number of halogens is 1. The highest BCUT2D eigenvalue weighted by Crippen LogP contribution is 2.43. The van der Waals surface area contributed by atoms with E-state index in [0.29, 0.717) is 12.1 Å². The fraction of sp³-hybridized carbons (Fsp3) is 1.00. The van der Waals surface area contributed by atoms with Crippen LogP contribution < -0.4 is 10.6 Å². The minimum Gasteiger partial charge on any atom is -0.312 e. The Balaban J connectivity index is 1.30. The molecule has 2 atom stereocenters. The van der Waals surface area contributed by atoms with Crippen LogP contribution in [0.5, 0.6) is 0 Å². The van der Waals surface area contributed by atoms with Gasteiger partial charge in [0.25, 0.3) is 0 Å². The van der Waals surface area contributed by atoms with E-state index in [-0.39, 0.29) is 0 Å². The van der Waals surface area contributed by atoms with Gasteiger partial charge in [-0.2, -0.15) is 0 Å². The number of rotatable bonds is 5. The van der Waals surface area contributed by atoms with Crippen LogP contribution in [-0.4, -0.2) is 30.8 Å².